The summed E-state index contributed by atoms with van der Waals surface area (Å²) in [5, 5.41) is 3.32. The van der Waals surface area contributed by atoms with Gasteiger partial charge in [-0.25, -0.2) is 0 Å². The molecule has 1 heteroatoms. The molecule has 1 aliphatic rings. The predicted octanol–water partition coefficient (Wildman–Crippen LogP) is 2.69. The monoisotopic (exact) mass is 153 g/mol. The van der Waals surface area contributed by atoms with E-state index in [9.17, 15) is 0 Å². The largest absolute Gasteiger partial charge is 0.389 e. The molecule has 1 rings (SSSR count). The third-order valence-corrected chi connectivity index (χ3v) is 2.50. The van der Waals surface area contributed by atoms with Gasteiger partial charge in [0, 0.05) is 12.2 Å². The third kappa shape index (κ3) is 2.57. The Kier molecular flexibility index (Phi) is 3.47. The summed E-state index contributed by atoms with van der Waals surface area (Å²) in [6.45, 7) is 7.21. The minimum Gasteiger partial charge on any atom is -0.389 e. The van der Waals surface area contributed by atoms with Crippen LogP contribution >= 0.6 is 0 Å². The second-order valence-corrected chi connectivity index (χ2v) is 3.39. The second-order valence-electron chi connectivity index (χ2n) is 3.39. The molecule has 1 nitrogen and oxygen atoms in total. The maximum absolute atomic E-state index is 4.06. The van der Waals surface area contributed by atoms with Gasteiger partial charge in [0.1, 0.15) is 0 Å². The van der Waals surface area contributed by atoms with Crippen LogP contribution in [0.5, 0.6) is 0 Å². The van der Waals surface area contributed by atoms with Crippen molar-refractivity contribution in [1.82, 2.24) is 5.32 Å². The van der Waals surface area contributed by atoms with Crippen LogP contribution < -0.4 is 5.32 Å². The zero-order valence-electron chi connectivity index (χ0n) is 7.53. The fourth-order valence-corrected chi connectivity index (χ4v) is 1.82. The standard InChI is InChI=1S/C10H19N/c1-3-11-9(2)10-7-5-4-6-8-10/h10-11H,2-8H2,1H3. The van der Waals surface area contributed by atoms with E-state index in [-0.39, 0.29) is 0 Å². The van der Waals surface area contributed by atoms with Crippen molar-refractivity contribution in [2.24, 2.45) is 5.92 Å². The summed E-state index contributed by atoms with van der Waals surface area (Å²) in [6.07, 6.45) is 6.93. The Bertz CT molecular complexity index is 123. The lowest BCUT2D eigenvalue weighted by Gasteiger charge is -2.24. The molecule has 0 radical (unpaired) electrons. The van der Waals surface area contributed by atoms with Crippen LogP contribution in [0, 0.1) is 5.92 Å². The van der Waals surface area contributed by atoms with Crippen molar-refractivity contribution in [2.75, 3.05) is 6.54 Å². The fraction of sp³-hybridized carbons (Fsp3) is 0.800. The molecule has 0 aliphatic heterocycles. The lowest BCUT2D eigenvalue weighted by Crippen LogP contribution is -2.20. The fourth-order valence-electron chi connectivity index (χ4n) is 1.82. The average molecular weight is 153 g/mol. The highest BCUT2D eigenvalue weighted by Crippen LogP contribution is 2.27. The van der Waals surface area contributed by atoms with Crippen LogP contribution in [0.25, 0.3) is 0 Å². The molecular formula is C10H19N. The maximum atomic E-state index is 4.06. The molecule has 0 bridgehead atoms. The molecule has 0 aromatic carbocycles. The van der Waals surface area contributed by atoms with Gasteiger partial charge in [-0.15, -0.1) is 0 Å². The molecule has 64 valence electrons. The highest BCUT2D eigenvalue weighted by molar-refractivity contribution is 4.98. The number of rotatable bonds is 3. The van der Waals surface area contributed by atoms with Crippen molar-refractivity contribution in [2.45, 2.75) is 39.0 Å². The molecule has 1 saturated carbocycles. The molecule has 1 N–H and O–H groups in total. The van der Waals surface area contributed by atoms with Crippen molar-refractivity contribution in [1.29, 1.82) is 0 Å². The van der Waals surface area contributed by atoms with Crippen molar-refractivity contribution in [3.05, 3.63) is 12.3 Å². The van der Waals surface area contributed by atoms with Crippen LogP contribution in [0.4, 0.5) is 0 Å². The third-order valence-electron chi connectivity index (χ3n) is 2.50. The number of hydrogen-bond acceptors (Lipinski definition) is 1. The topological polar surface area (TPSA) is 12.0 Å². The van der Waals surface area contributed by atoms with Gasteiger partial charge in [-0.1, -0.05) is 25.8 Å². The molecule has 11 heavy (non-hydrogen) atoms. The summed E-state index contributed by atoms with van der Waals surface area (Å²) < 4.78 is 0. The Hall–Kier alpha value is -0.460. The van der Waals surface area contributed by atoms with Gasteiger partial charge >= 0.3 is 0 Å². The van der Waals surface area contributed by atoms with Crippen LogP contribution in [0.3, 0.4) is 0 Å². The Labute approximate surface area is 69.9 Å². The van der Waals surface area contributed by atoms with E-state index in [0.29, 0.717) is 0 Å². The number of allylic oxidation sites excluding steroid dienone is 1. The maximum Gasteiger partial charge on any atom is 0.0115 e. The molecular weight excluding hydrogens is 134 g/mol. The SMILES string of the molecule is C=C(NCC)C1CCCCC1. The van der Waals surface area contributed by atoms with E-state index in [1.54, 1.807) is 0 Å². The highest BCUT2D eigenvalue weighted by Gasteiger charge is 2.15. The van der Waals surface area contributed by atoms with Crippen LogP contribution in [-0.2, 0) is 0 Å². The van der Waals surface area contributed by atoms with E-state index in [2.05, 4.69) is 18.8 Å². The van der Waals surface area contributed by atoms with E-state index < -0.39 is 0 Å². The van der Waals surface area contributed by atoms with Gasteiger partial charge in [0.15, 0.2) is 0 Å². The minimum absolute atomic E-state index is 0.767. The van der Waals surface area contributed by atoms with E-state index in [1.807, 2.05) is 0 Å². The zero-order chi connectivity index (χ0) is 8.10. The van der Waals surface area contributed by atoms with Gasteiger partial charge in [-0.05, 0) is 25.7 Å². The van der Waals surface area contributed by atoms with Gasteiger partial charge in [0.05, 0.1) is 0 Å². The summed E-state index contributed by atoms with van der Waals surface area (Å²) in [5.41, 5.74) is 1.27. The highest BCUT2D eigenvalue weighted by atomic mass is 14.9. The number of nitrogens with one attached hydrogen (secondary N) is 1. The van der Waals surface area contributed by atoms with Crippen LogP contribution in [0.2, 0.25) is 0 Å². The van der Waals surface area contributed by atoms with Crippen molar-refractivity contribution in [3.8, 4) is 0 Å². The van der Waals surface area contributed by atoms with Gasteiger partial charge < -0.3 is 5.32 Å². The quantitative estimate of drug-likeness (QED) is 0.657. The average Bonchev–Trinajstić information content (AvgIpc) is 2.07. The summed E-state index contributed by atoms with van der Waals surface area (Å²) in [7, 11) is 0. The van der Waals surface area contributed by atoms with Gasteiger partial charge in [-0.2, -0.15) is 0 Å². The van der Waals surface area contributed by atoms with Crippen LogP contribution in [0.1, 0.15) is 39.0 Å². The molecule has 1 aliphatic carbocycles. The molecule has 0 saturated heterocycles. The van der Waals surface area contributed by atoms with Crippen LogP contribution in [-0.4, -0.2) is 6.54 Å². The van der Waals surface area contributed by atoms with Crippen molar-refractivity contribution >= 4 is 0 Å². The minimum atomic E-state index is 0.767. The summed E-state index contributed by atoms with van der Waals surface area (Å²) >= 11 is 0. The van der Waals surface area contributed by atoms with E-state index in [1.165, 1.54) is 37.8 Å². The van der Waals surface area contributed by atoms with Gasteiger partial charge in [0.2, 0.25) is 0 Å². The smallest absolute Gasteiger partial charge is 0.0115 e. The second kappa shape index (κ2) is 4.42. The Morgan fingerprint density at radius 3 is 2.55 bits per heavy atom. The lowest BCUT2D eigenvalue weighted by atomic mass is 9.87. The normalized spacial score (nSPS) is 19.7. The molecule has 0 aromatic rings. The molecule has 0 aromatic heterocycles. The molecule has 0 unspecified atom stereocenters. The van der Waals surface area contributed by atoms with Crippen molar-refractivity contribution in [3.63, 3.8) is 0 Å². The summed E-state index contributed by atoms with van der Waals surface area (Å²) in [5.74, 6) is 0.767. The Morgan fingerprint density at radius 1 is 1.36 bits per heavy atom. The molecule has 0 spiro atoms. The lowest BCUT2D eigenvalue weighted by molar-refractivity contribution is 0.388. The zero-order valence-corrected chi connectivity index (χ0v) is 7.53. The Morgan fingerprint density at radius 2 is 2.00 bits per heavy atom. The predicted molar refractivity (Wildman–Crippen MR) is 49.4 cm³/mol. The van der Waals surface area contributed by atoms with E-state index in [0.717, 1.165) is 12.5 Å². The summed E-state index contributed by atoms with van der Waals surface area (Å²) in [4.78, 5) is 0. The molecule has 0 amide bonds. The first kappa shape index (κ1) is 8.63. The van der Waals surface area contributed by atoms with E-state index >= 15 is 0 Å². The first-order chi connectivity index (χ1) is 5.34. The van der Waals surface area contributed by atoms with Crippen LogP contribution in [0.15, 0.2) is 12.3 Å². The van der Waals surface area contributed by atoms with Gasteiger partial charge in [-0.3, -0.25) is 0 Å². The van der Waals surface area contributed by atoms with Crippen molar-refractivity contribution < 1.29 is 0 Å². The molecule has 1 fully saturated rings. The Balaban J connectivity index is 2.27. The summed E-state index contributed by atoms with van der Waals surface area (Å²) in [6, 6.07) is 0. The first-order valence-electron chi connectivity index (χ1n) is 4.77. The molecule has 0 heterocycles. The van der Waals surface area contributed by atoms with E-state index in [4.69, 9.17) is 0 Å². The van der Waals surface area contributed by atoms with Gasteiger partial charge in [0.25, 0.3) is 0 Å². The number of hydrogen-bond donors (Lipinski definition) is 1. The molecule has 0 atom stereocenters. The first-order valence-corrected chi connectivity index (χ1v) is 4.77.